The first-order valence-electron chi connectivity index (χ1n) is 4.58. The van der Waals surface area contributed by atoms with Gasteiger partial charge >= 0.3 is 5.97 Å². The summed E-state index contributed by atoms with van der Waals surface area (Å²) >= 11 is 3.14. The van der Waals surface area contributed by atoms with E-state index in [0.29, 0.717) is 29.2 Å². The van der Waals surface area contributed by atoms with E-state index in [2.05, 4.69) is 15.9 Å². The Morgan fingerprint density at radius 2 is 2.19 bits per heavy atom. The van der Waals surface area contributed by atoms with Crippen molar-refractivity contribution in [3.05, 3.63) is 21.9 Å². The quantitative estimate of drug-likeness (QED) is 0.905. The Labute approximate surface area is 99.1 Å². The maximum Gasteiger partial charge on any atom is 0.307 e. The maximum absolute atomic E-state index is 13.6. The molecule has 16 heavy (non-hydrogen) atoms. The van der Waals surface area contributed by atoms with E-state index in [1.54, 1.807) is 0 Å². The molecule has 1 aliphatic rings. The van der Waals surface area contributed by atoms with Crippen molar-refractivity contribution in [2.24, 2.45) is 0 Å². The van der Waals surface area contributed by atoms with Crippen molar-refractivity contribution in [1.29, 1.82) is 0 Å². The Hall–Kier alpha value is -1.30. The molecule has 2 rings (SSSR count). The van der Waals surface area contributed by atoms with Crippen LogP contribution in [0.1, 0.15) is 5.56 Å². The number of carboxylic acids is 1. The van der Waals surface area contributed by atoms with Gasteiger partial charge < -0.3 is 14.6 Å². The van der Waals surface area contributed by atoms with E-state index in [1.807, 2.05) is 0 Å². The van der Waals surface area contributed by atoms with Crippen LogP contribution in [0, 0.1) is 5.82 Å². The third-order valence-electron chi connectivity index (χ3n) is 2.15. The highest BCUT2D eigenvalue weighted by molar-refractivity contribution is 9.10. The molecule has 0 aliphatic carbocycles. The number of aliphatic carboxylic acids is 1. The number of hydrogen-bond acceptors (Lipinski definition) is 3. The second-order valence-electron chi connectivity index (χ2n) is 3.25. The first-order valence-corrected chi connectivity index (χ1v) is 5.37. The van der Waals surface area contributed by atoms with Gasteiger partial charge in [-0.1, -0.05) is 0 Å². The zero-order valence-corrected chi connectivity index (χ0v) is 9.71. The van der Waals surface area contributed by atoms with Gasteiger partial charge in [0.25, 0.3) is 0 Å². The van der Waals surface area contributed by atoms with Crippen molar-refractivity contribution in [1.82, 2.24) is 0 Å². The summed E-state index contributed by atoms with van der Waals surface area (Å²) in [7, 11) is 0. The van der Waals surface area contributed by atoms with E-state index in [-0.39, 0.29) is 5.56 Å². The molecule has 86 valence electrons. The molecule has 0 aromatic heterocycles. The van der Waals surface area contributed by atoms with E-state index in [1.165, 1.54) is 0 Å². The Bertz CT molecular complexity index is 447. The molecule has 0 amide bonds. The van der Waals surface area contributed by atoms with E-state index in [9.17, 15) is 9.18 Å². The van der Waals surface area contributed by atoms with Gasteiger partial charge in [0.2, 0.25) is 0 Å². The molecule has 0 radical (unpaired) electrons. The molecule has 0 saturated carbocycles. The van der Waals surface area contributed by atoms with Crippen LogP contribution >= 0.6 is 15.9 Å². The summed E-state index contributed by atoms with van der Waals surface area (Å²) in [5.74, 6) is -1.05. The first-order chi connectivity index (χ1) is 7.59. The van der Waals surface area contributed by atoms with Crippen LogP contribution in [-0.2, 0) is 11.2 Å². The van der Waals surface area contributed by atoms with Crippen molar-refractivity contribution < 1.29 is 23.8 Å². The molecule has 4 nitrogen and oxygen atoms in total. The van der Waals surface area contributed by atoms with Crippen LogP contribution in [0.2, 0.25) is 0 Å². The average Bonchev–Trinajstić information content (AvgIpc) is 2.24. The highest BCUT2D eigenvalue weighted by Crippen LogP contribution is 2.41. The van der Waals surface area contributed by atoms with Crippen LogP contribution in [0.4, 0.5) is 4.39 Å². The third kappa shape index (κ3) is 1.97. The first kappa shape index (κ1) is 11.2. The minimum atomic E-state index is -1.10. The molecule has 1 N–H and O–H groups in total. The van der Waals surface area contributed by atoms with Gasteiger partial charge in [0.15, 0.2) is 11.5 Å². The van der Waals surface area contributed by atoms with Gasteiger partial charge in [-0.2, -0.15) is 0 Å². The zero-order chi connectivity index (χ0) is 11.7. The van der Waals surface area contributed by atoms with E-state index in [0.717, 1.165) is 6.07 Å². The summed E-state index contributed by atoms with van der Waals surface area (Å²) in [5, 5.41) is 8.66. The number of benzene rings is 1. The summed E-state index contributed by atoms with van der Waals surface area (Å²) < 4.78 is 24.4. The van der Waals surface area contributed by atoms with Crippen LogP contribution in [0.5, 0.6) is 11.5 Å². The lowest BCUT2D eigenvalue weighted by molar-refractivity contribution is -0.136. The topological polar surface area (TPSA) is 55.8 Å². The number of rotatable bonds is 2. The molecule has 1 aliphatic heterocycles. The monoisotopic (exact) mass is 290 g/mol. The normalized spacial score (nSPS) is 13.6. The van der Waals surface area contributed by atoms with Crippen LogP contribution in [0.25, 0.3) is 0 Å². The van der Waals surface area contributed by atoms with Crippen LogP contribution in [-0.4, -0.2) is 24.3 Å². The van der Waals surface area contributed by atoms with Crippen molar-refractivity contribution in [3.63, 3.8) is 0 Å². The van der Waals surface area contributed by atoms with Gasteiger partial charge in [0.05, 0.1) is 10.9 Å². The predicted molar refractivity (Wildman–Crippen MR) is 56.4 cm³/mol. The van der Waals surface area contributed by atoms with Crippen molar-refractivity contribution >= 4 is 21.9 Å². The molecule has 1 aromatic rings. The summed E-state index contributed by atoms with van der Waals surface area (Å²) in [6, 6.07) is 1.15. The fourth-order valence-electron chi connectivity index (χ4n) is 1.47. The number of fused-ring (bicyclic) bond motifs is 1. The largest absolute Gasteiger partial charge is 0.486 e. The Morgan fingerprint density at radius 1 is 1.50 bits per heavy atom. The third-order valence-corrected chi connectivity index (χ3v) is 2.99. The number of carboxylic acid groups (broad SMARTS) is 1. The molecule has 0 fully saturated rings. The van der Waals surface area contributed by atoms with Crippen molar-refractivity contribution in [2.75, 3.05) is 13.2 Å². The van der Waals surface area contributed by atoms with Crippen LogP contribution < -0.4 is 9.47 Å². The predicted octanol–water partition coefficient (Wildman–Crippen LogP) is 1.99. The summed E-state index contributed by atoms with van der Waals surface area (Å²) in [5.41, 5.74) is 0.0664. The van der Waals surface area contributed by atoms with Gasteiger partial charge in [0, 0.05) is 11.6 Å². The number of halogens is 2. The molecule has 1 aromatic carbocycles. The molecule has 1 heterocycles. The van der Waals surface area contributed by atoms with Gasteiger partial charge in [0.1, 0.15) is 19.0 Å². The van der Waals surface area contributed by atoms with E-state index >= 15 is 0 Å². The fourth-order valence-corrected chi connectivity index (χ4v) is 2.11. The molecule has 0 saturated heterocycles. The molecule has 0 atom stereocenters. The SMILES string of the molecule is O=C(O)Cc1c(F)cc2c(c1Br)OCCO2. The Morgan fingerprint density at radius 3 is 2.88 bits per heavy atom. The van der Waals surface area contributed by atoms with E-state index < -0.39 is 18.2 Å². The highest BCUT2D eigenvalue weighted by atomic mass is 79.9. The van der Waals surface area contributed by atoms with E-state index in [4.69, 9.17) is 14.6 Å². The number of carbonyl (C=O) groups is 1. The summed E-state index contributed by atoms with van der Waals surface area (Å²) in [4.78, 5) is 10.6. The minimum Gasteiger partial charge on any atom is -0.486 e. The summed E-state index contributed by atoms with van der Waals surface area (Å²) in [6.07, 6.45) is -0.400. The number of hydrogen-bond donors (Lipinski definition) is 1. The van der Waals surface area contributed by atoms with Gasteiger partial charge in [-0.25, -0.2) is 4.39 Å². The molecular weight excluding hydrogens is 283 g/mol. The molecule has 6 heteroatoms. The highest BCUT2D eigenvalue weighted by Gasteiger charge is 2.22. The Balaban J connectivity index is 2.49. The standard InChI is InChI=1S/C10H8BrFO4/c11-9-5(3-8(13)14)6(12)4-7-10(9)16-2-1-15-7/h4H,1-3H2,(H,13,14). The van der Waals surface area contributed by atoms with Gasteiger partial charge in [-0.15, -0.1) is 0 Å². The second kappa shape index (κ2) is 4.29. The lowest BCUT2D eigenvalue weighted by Crippen LogP contribution is -2.17. The smallest absolute Gasteiger partial charge is 0.307 e. The van der Waals surface area contributed by atoms with Gasteiger partial charge in [-0.3, -0.25) is 4.79 Å². The summed E-state index contributed by atoms with van der Waals surface area (Å²) in [6.45, 7) is 0.723. The molecular formula is C10H8BrFO4. The average molecular weight is 291 g/mol. The van der Waals surface area contributed by atoms with Crippen LogP contribution in [0.3, 0.4) is 0 Å². The zero-order valence-electron chi connectivity index (χ0n) is 8.13. The molecule has 0 spiro atoms. The maximum atomic E-state index is 13.6. The Kier molecular flexibility index (Phi) is 3.00. The minimum absolute atomic E-state index is 0.0664. The molecule has 0 unspecified atom stereocenters. The second-order valence-corrected chi connectivity index (χ2v) is 4.04. The van der Waals surface area contributed by atoms with Crippen LogP contribution in [0.15, 0.2) is 10.5 Å². The molecule has 0 bridgehead atoms. The number of ether oxygens (including phenoxy) is 2. The fraction of sp³-hybridized carbons (Fsp3) is 0.300. The lowest BCUT2D eigenvalue weighted by Gasteiger charge is -2.21. The van der Waals surface area contributed by atoms with Gasteiger partial charge in [-0.05, 0) is 15.9 Å². The lowest BCUT2D eigenvalue weighted by atomic mass is 10.1. The van der Waals surface area contributed by atoms with Crippen molar-refractivity contribution in [2.45, 2.75) is 6.42 Å². The van der Waals surface area contributed by atoms with Crippen molar-refractivity contribution in [3.8, 4) is 11.5 Å².